The molecule has 0 radical (unpaired) electrons. The third-order valence-corrected chi connectivity index (χ3v) is 5.31. The highest BCUT2D eigenvalue weighted by Crippen LogP contribution is 2.32. The van der Waals surface area contributed by atoms with E-state index in [1.165, 1.54) is 39.2 Å². The van der Waals surface area contributed by atoms with E-state index in [0.717, 1.165) is 16.6 Å². The maximum absolute atomic E-state index is 11.1. The molecule has 1 amide bonds. The highest BCUT2D eigenvalue weighted by atomic mass is 32.2. The lowest BCUT2D eigenvalue weighted by Crippen LogP contribution is -2.34. The lowest BCUT2D eigenvalue weighted by molar-refractivity contribution is 0.177. The van der Waals surface area contributed by atoms with Gasteiger partial charge in [-0.2, -0.15) is 0 Å². The first-order valence-corrected chi connectivity index (χ1v) is 9.16. The predicted molar refractivity (Wildman–Crippen MR) is 99.9 cm³/mol. The molecule has 0 bridgehead atoms. The Kier molecular flexibility index (Phi) is 6.98. The van der Waals surface area contributed by atoms with Crippen molar-refractivity contribution in [1.82, 2.24) is 5.32 Å². The predicted octanol–water partition coefficient (Wildman–Crippen LogP) is 3.99. The number of carbonyl (C=O) groups excluding carboxylic acids is 1. The molecule has 0 saturated heterocycles. The van der Waals surface area contributed by atoms with Gasteiger partial charge in [0, 0.05) is 10.6 Å². The summed E-state index contributed by atoms with van der Waals surface area (Å²) in [4.78, 5) is 12.2. The topological polar surface area (TPSA) is 76.4 Å². The zero-order chi connectivity index (χ0) is 16.7. The first-order chi connectivity index (χ1) is 11.1. The molecule has 0 unspecified atom stereocenters. The highest BCUT2D eigenvalue weighted by Gasteiger charge is 2.14. The molecule has 0 spiro atoms. The summed E-state index contributed by atoms with van der Waals surface area (Å²) in [6.45, 7) is 0. The Balaban J connectivity index is 1.86. The second-order valence-corrected chi connectivity index (χ2v) is 7.14. The minimum Gasteiger partial charge on any atom is -0.453 e. The van der Waals surface area contributed by atoms with Crippen LogP contribution in [0, 0.1) is 5.92 Å². The van der Waals surface area contributed by atoms with E-state index in [-0.39, 0.29) is 5.11 Å². The average molecular weight is 354 g/mol. The number of nitrogens with one attached hydrogen (secondary N) is 2. The van der Waals surface area contributed by atoms with Crippen molar-refractivity contribution in [2.75, 3.05) is 23.9 Å². The number of rotatable bonds is 4. The summed E-state index contributed by atoms with van der Waals surface area (Å²) >= 11 is 6.88. The smallest absolute Gasteiger partial charge is 0.413 e. The minimum absolute atomic E-state index is 0.158. The van der Waals surface area contributed by atoms with E-state index < -0.39 is 6.09 Å². The van der Waals surface area contributed by atoms with Crippen molar-refractivity contribution in [1.29, 1.82) is 0 Å². The number of thiocarbonyl (C=S) groups is 1. The van der Waals surface area contributed by atoms with Crippen LogP contribution in [0.4, 0.5) is 16.2 Å². The molecule has 0 aliphatic heterocycles. The van der Waals surface area contributed by atoms with Crippen LogP contribution in [-0.2, 0) is 4.74 Å². The number of methoxy groups -OCH3 is 1. The summed E-state index contributed by atoms with van der Waals surface area (Å²) in [7, 11) is 1.28. The molecule has 1 saturated carbocycles. The maximum Gasteiger partial charge on any atom is 0.413 e. The van der Waals surface area contributed by atoms with Crippen LogP contribution in [0.3, 0.4) is 0 Å². The number of hydrogen-bond acceptors (Lipinski definition) is 5. The van der Waals surface area contributed by atoms with Crippen LogP contribution in [-0.4, -0.2) is 24.1 Å². The van der Waals surface area contributed by atoms with Crippen LogP contribution < -0.4 is 16.4 Å². The Morgan fingerprint density at radius 3 is 2.78 bits per heavy atom. The van der Waals surface area contributed by atoms with E-state index in [1.54, 1.807) is 0 Å². The van der Waals surface area contributed by atoms with Crippen LogP contribution in [0.25, 0.3) is 0 Å². The van der Waals surface area contributed by atoms with Crippen molar-refractivity contribution in [2.45, 2.75) is 37.0 Å². The fourth-order valence-electron chi connectivity index (χ4n) is 2.61. The van der Waals surface area contributed by atoms with Gasteiger partial charge in [0.15, 0.2) is 5.11 Å². The summed E-state index contributed by atoms with van der Waals surface area (Å²) in [5.41, 5.74) is 7.34. The largest absolute Gasteiger partial charge is 0.453 e. The monoisotopic (exact) mass is 353 g/mol. The summed E-state index contributed by atoms with van der Waals surface area (Å²) in [5, 5.41) is 5.44. The fraction of sp³-hybridized carbons (Fsp3) is 0.500. The number of nitrogens with two attached hydrogens (primary N) is 1. The summed E-state index contributed by atoms with van der Waals surface area (Å²) < 4.78 is 4.49. The molecule has 5 nitrogen and oxygen atoms in total. The van der Waals surface area contributed by atoms with E-state index >= 15 is 0 Å². The maximum atomic E-state index is 11.1. The van der Waals surface area contributed by atoms with Crippen molar-refractivity contribution in [2.24, 2.45) is 5.92 Å². The Morgan fingerprint density at radius 1 is 1.39 bits per heavy atom. The second kappa shape index (κ2) is 8.98. The van der Waals surface area contributed by atoms with Crippen molar-refractivity contribution in [3.63, 3.8) is 0 Å². The Labute approximate surface area is 146 Å². The lowest BCUT2D eigenvalue weighted by Gasteiger charge is -2.21. The number of hydrogen-bond donors (Lipinski definition) is 3. The molecule has 4 N–H and O–H groups in total. The first-order valence-electron chi connectivity index (χ1n) is 7.76. The summed E-state index contributed by atoms with van der Waals surface area (Å²) in [6.07, 6.45) is 6.18. The third-order valence-electron chi connectivity index (χ3n) is 3.88. The number of nitrogen functional groups attached to an aromatic ring is 1. The number of anilines is 2. The van der Waals surface area contributed by atoms with Gasteiger partial charge in [-0.15, -0.1) is 11.8 Å². The van der Waals surface area contributed by atoms with Crippen LogP contribution in [0.15, 0.2) is 23.1 Å². The van der Waals surface area contributed by atoms with Gasteiger partial charge in [0.2, 0.25) is 0 Å². The number of thioether (sulfide) groups is 1. The molecule has 1 fully saturated rings. The molecular formula is C16H23N3O2S2. The van der Waals surface area contributed by atoms with Gasteiger partial charge < -0.3 is 15.8 Å². The van der Waals surface area contributed by atoms with Gasteiger partial charge in [-0.05, 0) is 49.2 Å². The van der Waals surface area contributed by atoms with E-state index in [2.05, 4.69) is 15.4 Å². The molecule has 1 aromatic carbocycles. The molecule has 23 heavy (non-hydrogen) atoms. The molecule has 0 heterocycles. The number of amides is 1. The Hall–Kier alpha value is -1.47. The van der Waals surface area contributed by atoms with Crippen molar-refractivity contribution in [3.8, 4) is 0 Å². The standard InChI is InChI=1S/C16H23N3O2S2/c1-21-16(20)19-15(22)18-14-8-7-12(9-13(14)17)23-10-11-5-3-2-4-6-11/h7-9,11H,2-6,10,17H2,1H3,(H2,18,19,20,22). The van der Waals surface area contributed by atoms with Crippen LogP contribution in [0.2, 0.25) is 0 Å². The molecule has 1 aliphatic rings. The summed E-state index contributed by atoms with van der Waals surface area (Å²) in [6, 6.07) is 5.84. The van der Waals surface area contributed by atoms with E-state index in [1.807, 2.05) is 30.0 Å². The Bertz CT molecular complexity index is 560. The van der Waals surface area contributed by atoms with Gasteiger partial charge in [0.1, 0.15) is 0 Å². The number of ether oxygens (including phenoxy) is 1. The molecule has 0 atom stereocenters. The van der Waals surface area contributed by atoms with Gasteiger partial charge in [0.25, 0.3) is 0 Å². The quantitative estimate of drug-likeness (QED) is 0.432. The highest BCUT2D eigenvalue weighted by molar-refractivity contribution is 7.99. The molecule has 126 valence electrons. The van der Waals surface area contributed by atoms with Gasteiger partial charge >= 0.3 is 6.09 Å². The van der Waals surface area contributed by atoms with E-state index in [4.69, 9.17) is 18.0 Å². The molecule has 7 heteroatoms. The van der Waals surface area contributed by atoms with Gasteiger partial charge in [-0.1, -0.05) is 19.3 Å². The van der Waals surface area contributed by atoms with Crippen molar-refractivity contribution in [3.05, 3.63) is 18.2 Å². The lowest BCUT2D eigenvalue weighted by atomic mass is 9.91. The van der Waals surface area contributed by atoms with Crippen LogP contribution in [0.5, 0.6) is 0 Å². The van der Waals surface area contributed by atoms with Gasteiger partial charge in [-0.25, -0.2) is 4.79 Å². The van der Waals surface area contributed by atoms with Gasteiger partial charge in [0.05, 0.1) is 18.5 Å². The molecule has 0 aromatic heterocycles. The minimum atomic E-state index is -0.610. The molecule has 2 rings (SSSR count). The van der Waals surface area contributed by atoms with Crippen LogP contribution >= 0.6 is 24.0 Å². The van der Waals surface area contributed by atoms with E-state index in [0.29, 0.717) is 11.4 Å². The molecule has 1 aliphatic carbocycles. The fourth-order valence-corrected chi connectivity index (χ4v) is 3.94. The van der Waals surface area contributed by atoms with Crippen LogP contribution in [0.1, 0.15) is 32.1 Å². The second-order valence-electron chi connectivity index (χ2n) is 5.63. The van der Waals surface area contributed by atoms with Gasteiger partial charge in [-0.3, -0.25) is 5.32 Å². The number of benzene rings is 1. The zero-order valence-corrected chi connectivity index (χ0v) is 14.9. The summed E-state index contributed by atoms with van der Waals surface area (Å²) in [5.74, 6) is 1.97. The third kappa shape index (κ3) is 5.91. The van der Waals surface area contributed by atoms with Crippen molar-refractivity contribution < 1.29 is 9.53 Å². The van der Waals surface area contributed by atoms with Crippen molar-refractivity contribution >= 4 is 46.6 Å². The normalized spacial score (nSPS) is 15.0. The number of carbonyl (C=O) groups is 1. The SMILES string of the molecule is COC(=O)NC(=S)Nc1ccc(SCC2CCCCC2)cc1N. The number of alkyl carbamates (subject to hydrolysis) is 1. The molecule has 1 aromatic rings. The van der Waals surface area contributed by atoms with E-state index in [9.17, 15) is 4.79 Å². The first kappa shape index (κ1) is 17.9. The zero-order valence-electron chi connectivity index (χ0n) is 13.3. The Morgan fingerprint density at radius 2 is 2.13 bits per heavy atom. The molecular weight excluding hydrogens is 330 g/mol. The average Bonchev–Trinajstić information content (AvgIpc) is 2.56.